The van der Waals surface area contributed by atoms with Crippen LogP contribution in [-0.4, -0.2) is 0 Å². The fourth-order valence-electron chi connectivity index (χ4n) is 1.87. The maximum absolute atomic E-state index is 5.94. The highest BCUT2D eigenvalue weighted by atomic mass is 35.5. The Balaban J connectivity index is 2.25. The minimum Gasteiger partial charge on any atom is -0.355 e. The molecule has 92 valence electrons. The molecule has 0 saturated carbocycles. The molecule has 0 fully saturated rings. The topological polar surface area (TPSA) is 12.0 Å². The smallest absolute Gasteiger partial charge is 0.0480 e. The Kier molecular flexibility index (Phi) is 4.06. The summed E-state index contributed by atoms with van der Waals surface area (Å²) in [6, 6.07) is 16.2. The standard InChI is InChI=1S/C16H16ClN/c1-12-7-3-6-10-16(12)18-13(2)15-9-5-4-8-14(15)11-17/h3-10,18H,2,11H2,1H3. The summed E-state index contributed by atoms with van der Waals surface area (Å²) >= 11 is 5.94. The number of aryl methyl sites for hydroxylation is 1. The Hall–Kier alpha value is -1.73. The summed E-state index contributed by atoms with van der Waals surface area (Å²) < 4.78 is 0. The molecule has 0 atom stereocenters. The highest BCUT2D eigenvalue weighted by Gasteiger charge is 2.05. The minimum absolute atomic E-state index is 0.491. The third-order valence-corrected chi connectivity index (χ3v) is 3.21. The van der Waals surface area contributed by atoms with Crippen LogP contribution in [0, 0.1) is 6.92 Å². The lowest BCUT2D eigenvalue weighted by Crippen LogP contribution is -2.01. The van der Waals surface area contributed by atoms with E-state index in [0.29, 0.717) is 5.88 Å². The number of halogens is 1. The summed E-state index contributed by atoms with van der Waals surface area (Å²) in [7, 11) is 0. The van der Waals surface area contributed by atoms with Crippen LogP contribution in [0.5, 0.6) is 0 Å². The molecular formula is C16H16ClN. The Labute approximate surface area is 113 Å². The maximum Gasteiger partial charge on any atom is 0.0480 e. The first-order chi connectivity index (χ1) is 8.72. The normalized spacial score (nSPS) is 10.1. The van der Waals surface area contributed by atoms with E-state index in [0.717, 1.165) is 22.5 Å². The highest BCUT2D eigenvalue weighted by molar-refractivity contribution is 6.17. The summed E-state index contributed by atoms with van der Waals surface area (Å²) in [6.07, 6.45) is 0. The van der Waals surface area contributed by atoms with Gasteiger partial charge in [0, 0.05) is 22.8 Å². The molecule has 0 aromatic heterocycles. The number of hydrogen-bond donors (Lipinski definition) is 1. The average Bonchev–Trinajstić information content (AvgIpc) is 2.41. The van der Waals surface area contributed by atoms with Gasteiger partial charge in [-0.3, -0.25) is 0 Å². The van der Waals surface area contributed by atoms with Gasteiger partial charge in [-0.25, -0.2) is 0 Å². The largest absolute Gasteiger partial charge is 0.355 e. The molecule has 0 saturated heterocycles. The van der Waals surface area contributed by atoms with Crippen LogP contribution in [-0.2, 0) is 5.88 Å². The van der Waals surface area contributed by atoms with Gasteiger partial charge in [0.2, 0.25) is 0 Å². The molecule has 2 rings (SSSR count). The molecule has 2 aromatic carbocycles. The van der Waals surface area contributed by atoms with Gasteiger partial charge in [-0.05, 0) is 24.1 Å². The Morgan fingerprint density at radius 2 is 1.78 bits per heavy atom. The quantitative estimate of drug-likeness (QED) is 0.775. The Morgan fingerprint density at radius 3 is 2.50 bits per heavy atom. The number of anilines is 1. The SMILES string of the molecule is C=C(Nc1ccccc1C)c1ccccc1CCl. The van der Waals surface area contributed by atoms with Crippen molar-refractivity contribution in [3.8, 4) is 0 Å². The molecule has 0 spiro atoms. The van der Waals surface area contributed by atoms with Crippen LogP contribution in [0.2, 0.25) is 0 Å². The third kappa shape index (κ3) is 2.74. The van der Waals surface area contributed by atoms with Crippen molar-refractivity contribution in [3.05, 3.63) is 71.8 Å². The molecule has 2 aromatic rings. The van der Waals surface area contributed by atoms with Gasteiger partial charge in [-0.2, -0.15) is 0 Å². The molecule has 1 nitrogen and oxygen atoms in total. The lowest BCUT2D eigenvalue weighted by atomic mass is 10.1. The summed E-state index contributed by atoms with van der Waals surface area (Å²) in [6.45, 7) is 6.17. The molecule has 0 unspecified atom stereocenters. The van der Waals surface area contributed by atoms with Crippen molar-refractivity contribution in [2.24, 2.45) is 0 Å². The van der Waals surface area contributed by atoms with Crippen LogP contribution in [0.15, 0.2) is 55.1 Å². The zero-order chi connectivity index (χ0) is 13.0. The van der Waals surface area contributed by atoms with Crippen LogP contribution in [0.4, 0.5) is 5.69 Å². The average molecular weight is 258 g/mol. The second-order valence-electron chi connectivity index (χ2n) is 4.21. The van der Waals surface area contributed by atoms with Crippen LogP contribution in [0.25, 0.3) is 5.70 Å². The first-order valence-corrected chi connectivity index (χ1v) is 6.41. The van der Waals surface area contributed by atoms with Crippen molar-refractivity contribution >= 4 is 23.0 Å². The lowest BCUT2D eigenvalue weighted by molar-refractivity contribution is 1.35. The van der Waals surface area contributed by atoms with Gasteiger partial charge in [0.1, 0.15) is 0 Å². The molecule has 0 heterocycles. The van der Waals surface area contributed by atoms with E-state index in [-0.39, 0.29) is 0 Å². The summed E-state index contributed by atoms with van der Waals surface area (Å²) in [4.78, 5) is 0. The van der Waals surface area contributed by atoms with E-state index in [2.05, 4.69) is 24.9 Å². The number of benzene rings is 2. The van der Waals surface area contributed by atoms with Crippen molar-refractivity contribution in [3.63, 3.8) is 0 Å². The Bertz CT molecular complexity index is 561. The summed E-state index contributed by atoms with van der Waals surface area (Å²) in [5.41, 5.74) is 5.30. The van der Waals surface area contributed by atoms with Gasteiger partial charge >= 0.3 is 0 Å². The molecule has 0 radical (unpaired) electrons. The van der Waals surface area contributed by atoms with Gasteiger partial charge in [-0.1, -0.05) is 49.0 Å². The zero-order valence-corrected chi connectivity index (χ0v) is 11.2. The molecule has 0 aliphatic heterocycles. The molecule has 0 bridgehead atoms. The second-order valence-corrected chi connectivity index (χ2v) is 4.48. The molecule has 18 heavy (non-hydrogen) atoms. The monoisotopic (exact) mass is 257 g/mol. The van der Waals surface area contributed by atoms with Gasteiger partial charge in [-0.15, -0.1) is 11.6 Å². The first-order valence-electron chi connectivity index (χ1n) is 5.88. The molecule has 1 N–H and O–H groups in total. The molecule has 0 amide bonds. The zero-order valence-electron chi connectivity index (χ0n) is 10.4. The molecule has 0 aliphatic rings. The molecule has 2 heteroatoms. The van der Waals surface area contributed by atoms with E-state index in [1.807, 2.05) is 42.5 Å². The van der Waals surface area contributed by atoms with Gasteiger partial charge < -0.3 is 5.32 Å². The van der Waals surface area contributed by atoms with Gasteiger partial charge in [0.25, 0.3) is 0 Å². The minimum atomic E-state index is 0.491. The second kappa shape index (κ2) is 5.74. The number of nitrogens with one attached hydrogen (secondary N) is 1. The predicted molar refractivity (Wildman–Crippen MR) is 79.8 cm³/mol. The fourth-order valence-corrected chi connectivity index (χ4v) is 2.11. The van der Waals surface area contributed by atoms with Crippen molar-refractivity contribution in [1.29, 1.82) is 0 Å². The van der Waals surface area contributed by atoms with E-state index in [1.165, 1.54) is 5.56 Å². The van der Waals surface area contributed by atoms with Crippen LogP contribution in [0.3, 0.4) is 0 Å². The lowest BCUT2D eigenvalue weighted by Gasteiger charge is -2.14. The fraction of sp³-hybridized carbons (Fsp3) is 0.125. The maximum atomic E-state index is 5.94. The summed E-state index contributed by atoms with van der Waals surface area (Å²) in [5.74, 6) is 0.491. The van der Waals surface area contributed by atoms with Gasteiger partial charge in [0.15, 0.2) is 0 Å². The number of para-hydroxylation sites is 1. The number of alkyl halides is 1. The number of hydrogen-bond acceptors (Lipinski definition) is 1. The van der Waals surface area contributed by atoms with Crippen LogP contribution >= 0.6 is 11.6 Å². The van der Waals surface area contributed by atoms with Crippen molar-refractivity contribution in [2.45, 2.75) is 12.8 Å². The van der Waals surface area contributed by atoms with Crippen LogP contribution in [0.1, 0.15) is 16.7 Å². The van der Waals surface area contributed by atoms with E-state index < -0.39 is 0 Å². The molecular weight excluding hydrogens is 242 g/mol. The third-order valence-electron chi connectivity index (χ3n) is 2.92. The van der Waals surface area contributed by atoms with Crippen molar-refractivity contribution in [2.75, 3.05) is 5.32 Å². The van der Waals surface area contributed by atoms with Crippen molar-refractivity contribution < 1.29 is 0 Å². The highest BCUT2D eigenvalue weighted by Crippen LogP contribution is 2.23. The van der Waals surface area contributed by atoms with E-state index in [1.54, 1.807) is 0 Å². The molecule has 0 aliphatic carbocycles. The van der Waals surface area contributed by atoms with E-state index >= 15 is 0 Å². The number of rotatable bonds is 4. The van der Waals surface area contributed by atoms with E-state index in [4.69, 9.17) is 11.6 Å². The van der Waals surface area contributed by atoms with Gasteiger partial charge in [0.05, 0.1) is 0 Å². The van der Waals surface area contributed by atoms with Crippen molar-refractivity contribution in [1.82, 2.24) is 0 Å². The van der Waals surface area contributed by atoms with E-state index in [9.17, 15) is 0 Å². The predicted octanol–water partition coefficient (Wildman–Crippen LogP) is 4.82. The Morgan fingerprint density at radius 1 is 1.11 bits per heavy atom. The van der Waals surface area contributed by atoms with Crippen LogP contribution < -0.4 is 5.32 Å². The first kappa shape index (κ1) is 12.7. The summed E-state index contributed by atoms with van der Waals surface area (Å²) in [5, 5.41) is 3.35.